The van der Waals surface area contributed by atoms with Gasteiger partial charge in [0.15, 0.2) is 0 Å². The van der Waals surface area contributed by atoms with Crippen LogP contribution in [0.1, 0.15) is 51.7 Å². The smallest absolute Gasteiger partial charge is 0.341 e. The fourth-order valence-corrected chi connectivity index (χ4v) is 4.89. The summed E-state index contributed by atoms with van der Waals surface area (Å²) in [4.78, 5) is 27.3. The molecule has 0 aliphatic rings. The molecule has 0 bridgehead atoms. The molecule has 4 nitrogen and oxygen atoms in total. The summed E-state index contributed by atoms with van der Waals surface area (Å²) in [6.45, 7) is 4.12. The lowest BCUT2D eigenvalue weighted by molar-refractivity contribution is -0.111. The number of carbonyl (C=O) groups is 2. The number of amides is 1. The molecule has 1 atom stereocenters. The molecule has 4 aromatic rings. The van der Waals surface area contributed by atoms with Crippen molar-refractivity contribution in [3.8, 4) is 0 Å². The molecule has 1 heterocycles. The first-order valence-electron chi connectivity index (χ1n) is 11.6. The van der Waals surface area contributed by atoms with Gasteiger partial charge in [-0.2, -0.15) is 0 Å². The van der Waals surface area contributed by atoms with Crippen LogP contribution >= 0.6 is 11.3 Å². The SMILES string of the molecule is CCOC(=O)c1cc([C@H](C)c2ccccc2)sc1NC(=O)/C(=C\c1ccccc1)c1ccccc1. The molecule has 0 spiro atoms. The topological polar surface area (TPSA) is 55.4 Å². The summed E-state index contributed by atoms with van der Waals surface area (Å²) in [6.07, 6.45) is 1.86. The second-order valence-corrected chi connectivity index (χ2v) is 9.12. The number of anilines is 1. The molecule has 1 aromatic heterocycles. The van der Waals surface area contributed by atoms with Crippen LogP contribution < -0.4 is 5.32 Å². The van der Waals surface area contributed by atoms with Gasteiger partial charge in [-0.1, -0.05) is 97.9 Å². The Morgan fingerprint density at radius 2 is 1.51 bits per heavy atom. The predicted molar refractivity (Wildman–Crippen MR) is 144 cm³/mol. The molecule has 0 fully saturated rings. The Bertz CT molecular complexity index is 1310. The zero-order valence-electron chi connectivity index (χ0n) is 19.7. The van der Waals surface area contributed by atoms with E-state index in [0.717, 1.165) is 21.6 Å². The number of esters is 1. The van der Waals surface area contributed by atoms with Gasteiger partial charge in [-0.3, -0.25) is 4.79 Å². The molecule has 1 N–H and O–H groups in total. The minimum Gasteiger partial charge on any atom is -0.462 e. The molecule has 0 saturated carbocycles. The van der Waals surface area contributed by atoms with E-state index in [1.165, 1.54) is 11.3 Å². The maximum Gasteiger partial charge on any atom is 0.341 e. The molecule has 176 valence electrons. The fourth-order valence-electron chi connectivity index (χ4n) is 3.77. The Kier molecular flexibility index (Phi) is 7.91. The molecule has 5 heteroatoms. The molecular formula is C30H27NO3S. The van der Waals surface area contributed by atoms with Crippen LogP contribution in [-0.4, -0.2) is 18.5 Å². The van der Waals surface area contributed by atoms with Crippen LogP contribution in [0, 0.1) is 0 Å². The summed E-state index contributed by atoms with van der Waals surface area (Å²) >= 11 is 1.40. The van der Waals surface area contributed by atoms with Crippen molar-refractivity contribution in [1.82, 2.24) is 0 Å². The molecular weight excluding hydrogens is 454 g/mol. The number of rotatable bonds is 8. The van der Waals surface area contributed by atoms with Crippen LogP contribution in [-0.2, 0) is 9.53 Å². The fraction of sp³-hybridized carbons (Fsp3) is 0.133. The second kappa shape index (κ2) is 11.4. The monoisotopic (exact) mass is 481 g/mol. The first kappa shape index (κ1) is 24.2. The third-order valence-corrected chi connectivity index (χ3v) is 6.87. The zero-order chi connectivity index (χ0) is 24.6. The van der Waals surface area contributed by atoms with Crippen molar-refractivity contribution in [1.29, 1.82) is 0 Å². The van der Waals surface area contributed by atoms with E-state index in [1.807, 2.05) is 91.0 Å². The van der Waals surface area contributed by atoms with Crippen LogP contribution in [0.15, 0.2) is 97.1 Å². The van der Waals surface area contributed by atoms with Gasteiger partial charge in [0.1, 0.15) is 5.00 Å². The average Bonchev–Trinajstić information content (AvgIpc) is 3.32. The highest BCUT2D eigenvalue weighted by atomic mass is 32.1. The summed E-state index contributed by atoms with van der Waals surface area (Å²) in [7, 11) is 0. The minimum atomic E-state index is -0.445. The van der Waals surface area contributed by atoms with E-state index in [0.29, 0.717) is 16.1 Å². The van der Waals surface area contributed by atoms with E-state index in [4.69, 9.17) is 4.74 Å². The van der Waals surface area contributed by atoms with E-state index in [9.17, 15) is 9.59 Å². The van der Waals surface area contributed by atoms with Gasteiger partial charge in [-0.25, -0.2) is 4.79 Å². The van der Waals surface area contributed by atoms with Crippen LogP contribution in [0.2, 0.25) is 0 Å². The number of benzene rings is 3. The number of thiophene rings is 1. The van der Waals surface area contributed by atoms with Gasteiger partial charge in [-0.15, -0.1) is 11.3 Å². The zero-order valence-corrected chi connectivity index (χ0v) is 20.5. The van der Waals surface area contributed by atoms with E-state index < -0.39 is 5.97 Å². The molecule has 0 aliphatic heterocycles. The predicted octanol–water partition coefficient (Wildman–Crippen LogP) is 7.26. The van der Waals surface area contributed by atoms with Gasteiger partial charge in [0, 0.05) is 16.4 Å². The maximum atomic E-state index is 13.6. The molecule has 3 aromatic carbocycles. The number of carbonyl (C=O) groups excluding carboxylic acids is 2. The second-order valence-electron chi connectivity index (χ2n) is 8.03. The number of hydrogen-bond acceptors (Lipinski definition) is 4. The summed E-state index contributed by atoms with van der Waals surface area (Å²) in [5.74, 6) is -0.668. The van der Waals surface area contributed by atoms with E-state index >= 15 is 0 Å². The Balaban J connectivity index is 1.71. The molecule has 0 radical (unpaired) electrons. The Labute approximate surface area is 209 Å². The molecule has 35 heavy (non-hydrogen) atoms. The molecule has 1 amide bonds. The van der Waals surface area contributed by atoms with Gasteiger partial charge < -0.3 is 10.1 Å². The van der Waals surface area contributed by atoms with Crippen molar-refractivity contribution >= 4 is 39.9 Å². The third kappa shape index (κ3) is 5.94. The summed E-state index contributed by atoms with van der Waals surface area (Å²) in [6, 6.07) is 31.1. The van der Waals surface area contributed by atoms with Crippen LogP contribution in [0.3, 0.4) is 0 Å². The Morgan fingerprint density at radius 1 is 0.914 bits per heavy atom. The summed E-state index contributed by atoms with van der Waals surface area (Å²) < 4.78 is 5.29. The van der Waals surface area contributed by atoms with Gasteiger partial charge in [-0.05, 0) is 35.8 Å². The van der Waals surface area contributed by atoms with Crippen LogP contribution in [0.5, 0.6) is 0 Å². The first-order chi connectivity index (χ1) is 17.1. The van der Waals surface area contributed by atoms with Crippen LogP contribution in [0.4, 0.5) is 5.00 Å². The van der Waals surface area contributed by atoms with Crippen molar-refractivity contribution in [2.75, 3.05) is 11.9 Å². The normalized spacial score (nSPS) is 12.1. The lowest BCUT2D eigenvalue weighted by Crippen LogP contribution is -2.15. The van der Waals surface area contributed by atoms with E-state index in [1.54, 1.807) is 6.92 Å². The number of ether oxygens (including phenoxy) is 1. The highest BCUT2D eigenvalue weighted by Crippen LogP contribution is 2.37. The third-order valence-electron chi connectivity index (χ3n) is 5.64. The largest absolute Gasteiger partial charge is 0.462 e. The lowest BCUT2D eigenvalue weighted by atomic mass is 9.99. The summed E-state index contributed by atoms with van der Waals surface area (Å²) in [5, 5.41) is 3.49. The number of hydrogen-bond donors (Lipinski definition) is 1. The standard InChI is InChI=1S/C30H27NO3S/c1-3-34-30(33)26-20-27(21(2)23-15-9-5-10-16-23)35-29(26)31-28(32)25(24-17-11-6-12-18-24)19-22-13-7-4-8-14-22/h4-21H,3H2,1-2H3,(H,31,32)/b25-19-/t21-/m1/s1. The quantitative estimate of drug-likeness (QED) is 0.164. The highest BCUT2D eigenvalue weighted by Gasteiger charge is 2.23. The van der Waals surface area contributed by atoms with Gasteiger partial charge in [0.25, 0.3) is 5.91 Å². The molecule has 0 unspecified atom stereocenters. The molecule has 0 aliphatic carbocycles. The van der Waals surface area contributed by atoms with Gasteiger partial charge in [0.2, 0.25) is 0 Å². The highest BCUT2D eigenvalue weighted by molar-refractivity contribution is 7.16. The Hall–Kier alpha value is -3.96. The number of nitrogens with one attached hydrogen (secondary N) is 1. The van der Waals surface area contributed by atoms with E-state index in [-0.39, 0.29) is 18.4 Å². The minimum absolute atomic E-state index is 0.0634. The average molecular weight is 482 g/mol. The van der Waals surface area contributed by atoms with Crippen molar-refractivity contribution < 1.29 is 14.3 Å². The van der Waals surface area contributed by atoms with Crippen molar-refractivity contribution in [3.05, 3.63) is 124 Å². The van der Waals surface area contributed by atoms with E-state index in [2.05, 4.69) is 24.4 Å². The summed E-state index contributed by atoms with van der Waals surface area (Å²) in [5.41, 5.74) is 3.72. The Morgan fingerprint density at radius 3 is 2.14 bits per heavy atom. The van der Waals surface area contributed by atoms with Gasteiger partial charge >= 0.3 is 5.97 Å². The van der Waals surface area contributed by atoms with Gasteiger partial charge in [0.05, 0.1) is 12.2 Å². The maximum absolute atomic E-state index is 13.6. The molecule has 4 rings (SSSR count). The lowest BCUT2D eigenvalue weighted by Gasteiger charge is -2.11. The van der Waals surface area contributed by atoms with Crippen molar-refractivity contribution in [2.45, 2.75) is 19.8 Å². The molecule has 0 saturated heterocycles. The van der Waals surface area contributed by atoms with Crippen LogP contribution in [0.25, 0.3) is 11.6 Å². The van der Waals surface area contributed by atoms with Crippen molar-refractivity contribution in [3.63, 3.8) is 0 Å². The first-order valence-corrected chi connectivity index (χ1v) is 12.4. The van der Waals surface area contributed by atoms with Crippen molar-refractivity contribution in [2.24, 2.45) is 0 Å².